The van der Waals surface area contributed by atoms with Gasteiger partial charge in [0.2, 0.25) is 0 Å². The Morgan fingerprint density at radius 1 is 0.667 bits per heavy atom. The van der Waals surface area contributed by atoms with E-state index in [1.54, 1.807) is 0 Å². The van der Waals surface area contributed by atoms with E-state index in [4.69, 9.17) is 19.1 Å². The van der Waals surface area contributed by atoms with E-state index >= 15 is 0 Å². The molecule has 14 heteroatoms. The fourth-order valence-corrected chi connectivity index (χ4v) is 2.61. The van der Waals surface area contributed by atoms with Crippen molar-refractivity contribution < 1.29 is 57.7 Å². The zero-order valence-electron chi connectivity index (χ0n) is 18.0. The maximum Gasteiger partial charge on any atom is 0.333 e. The molecule has 0 atom stereocenters. The van der Waals surface area contributed by atoms with E-state index in [0.29, 0.717) is 29.6 Å². The second-order valence-corrected chi connectivity index (χ2v) is 6.95. The zero-order chi connectivity index (χ0) is 24.1. The Bertz CT molecular complexity index is 708. The summed E-state index contributed by atoms with van der Waals surface area (Å²) in [5.74, 6) is -3.38. The van der Waals surface area contributed by atoms with Gasteiger partial charge in [0.05, 0.1) is 6.61 Å². The van der Waals surface area contributed by atoms with Crippen molar-refractivity contribution >= 4 is 35.6 Å². The molecule has 0 spiro atoms. The number of nitrogens with zero attached hydrogens (tertiary/aromatic N) is 2. The predicted octanol–water partition coefficient (Wildman–Crippen LogP) is 0.0477. The van der Waals surface area contributed by atoms with Crippen LogP contribution in [0.3, 0.4) is 0 Å². The van der Waals surface area contributed by atoms with E-state index in [1.807, 2.05) is 0 Å². The van der Waals surface area contributed by atoms with Gasteiger partial charge in [-0.1, -0.05) is 0 Å². The summed E-state index contributed by atoms with van der Waals surface area (Å²) in [6, 6.07) is 0. The first kappa shape index (κ1) is 26.3. The Labute approximate surface area is 188 Å². The molecule has 2 saturated heterocycles. The van der Waals surface area contributed by atoms with Crippen molar-refractivity contribution in [2.75, 3.05) is 26.8 Å². The van der Waals surface area contributed by atoms with Gasteiger partial charge in [-0.2, -0.15) is 0 Å². The molecule has 0 aromatic rings. The third-order valence-corrected chi connectivity index (χ3v) is 4.33. The maximum atomic E-state index is 11.6. The highest BCUT2D eigenvalue weighted by molar-refractivity contribution is 6.01. The van der Waals surface area contributed by atoms with Crippen LogP contribution in [-0.2, 0) is 57.7 Å². The molecule has 0 aromatic heterocycles. The molecule has 2 aliphatic heterocycles. The Morgan fingerprint density at radius 2 is 1.24 bits per heavy atom. The number of esters is 1. The van der Waals surface area contributed by atoms with Gasteiger partial charge in [-0.25, -0.2) is 9.68 Å². The van der Waals surface area contributed by atoms with Crippen LogP contribution in [0.4, 0.5) is 0 Å². The van der Waals surface area contributed by atoms with Crippen LogP contribution in [0, 0.1) is 0 Å². The highest BCUT2D eigenvalue weighted by Gasteiger charge is 2.33. The Kier molecular flexibility index (Phi) is 11.4. The van der Waals surface area contributed by atoms with Gasteiger partial charge in [0.1, 0.15) is 0 Å². The molecular formula is C19H26N2O12. The van der Waals surface area contributed by atoms with Gasteiger partial charge in [-0.3, -0.25) is 24.0 Å². The van der Waals surface area contributed by atoms with Gasteiger partial charge in [0, 0.05) is 45.1 Å². The molecule has 4 amide bonds. The third kappa shape index (κ3) is 9.61. The van der Waals surface area contributed by atoms with Crippen LogP contribution in [0.15, 0.2) is 0 Å². The average Bonchev–Trinajstić information content (AvgIpc) is 3.27. The fourth-order valence-electron chi connectivity index (χ4n) is 2.61. The van der Waals surface area contributed by atoms with Crippen molar-refractivity contribution in [2.24, 2.45) is 0 Å². The summed E-state index contributed by atoms with van der Waals surface area (Å²) in [7, 11) is 0. The first-order chi connectivity index (χ1) is 15.9. The van der Waals surface area contributed by atoms with Crippen LogP contribution < -0.4 is 0 Å². The lowest BCUT2D eigenvalue weighted by Crippen LogP contribution is -2.32. The Balaban J connectivity index is 1.35. The number of hydroxylamine groups is 4. The summed E-state index contributed by atoms with van der Waals surface area (Å²) in [6.07, 6.45) is 1.29. The van der Waals surface area contributed by atoms with Gasteiger partial charge in [0.25, 0.3) is 23.6 Å². The van der Waals surface area contributed by atoms with Gasteiger partial charge in [-0.15, -0.1) is 15.1 Å². The first-order valence-electron chi connectivity index (χ1n) is 10.4. The molecule has 184 valence electrons. The number of carbonyl (C=O) groups excluding carboxylic acids is 6. The predicted molar refractivity (Wildman–Crippen MR) is 101 cm³/mol. The first-order valence-corrected chi connectivity index (χ1v) is 10.4. The minimum absolute atomic E-state index is 0.0106. The molecular weight excluding hydrogens is 448 g/mol. The summed E-state index contributed by atoms with van der Waals surface area (Å²) < 4.78 is 15.0. The molecule has 0 saturated carbocycles. The Morgan fingerprint density at radius 3 is 1.91 bits per heavy atom. The number of hydrogen-bond donors (Lipinski definition) is 0. The average molecular weight is 474 g/mol. The summed E-state index contributed by atoms with van der Waals surface area (Å²) >= 11 is 0. The van der Waals surface area contributed by atoms with Crippen molar-refractivity contribution in [1.29, 1.82) is 0 Å². The minimum Gasteiger partial charge on any atom is -0.438 e. The van der Waals surface area contributed by atoms with Crippen LogP contribution in [-0.4, -0.2) is 72.5 Å². The smallest absolute Gasteiger partial charge is 0.333 e. The second-order valence-electron chi connectivity index (χ2n) is 6.95. The lowest BCUT2D eigenvalue weighted by Gasteiger charge is -2.12. The SMILES string of the molecule is O=C(CCCC(=O)ON1C(=O)CCC1=O)OCOCOCCCCOON1C(=O)CCC1=O. The number of carbonyl (C=O) groups is 6. The molecule has 2 heterocycles. The van der Waals surface area contributed by atoms with Gasteiger partial charge in [-0.05, 0) is 19.3 Å². The largest absolute Gasteiger partial charge is 0.438 e. The van der Waals surface area contributed by atoms with Crippen LogP contribution >= 0.6 is 0 Å². The van der Waals surface area contributed by atoms with Crippen LogP contribution in [0.25, 0.3) is 0 Å². The molecule has 14 nitrogen and oxygen atoms in total. The van der Waals surface area contributed by atoms with E-state index in [-0.39, 0.29) is 65.1 Å². The van der Waals surface area contributed by atoms with Gasteiger partial charge >= 0.3 is 11.9 Å². The van der Waals surface area contributed by atoms with E-state index in [1.165, 1.54) is 0 Å². The number of unbranched alkanes of at least 4 members (excludes halogenated alkanes) is 1. The summed E-state index contributed by atoms with van der Waals surface area (Å²) in [5, 5.41) is 1.06. The van der Waals surface area contributed by atoms with E-state index in [2.05, 4.69) is 9.83 Å². The lowest BCUT2D eigenvalue weighted by atomic mass is 10.2. The van der Waals surface area contributed by atoms with Gasteiger partial charge < -0.3 is 19.0 Å². The minimum atomic E-state index is -0.786. The Hall–Kier alpha value is -2.94. The highest BCUT2D eigenvalue weighted by atomic mass is 17.3. The van der Waals surface area contributed by atoms with E-state index in [0.717, 1.165) is 0 Å². The molecule has 2 rings (SSSR count). The normalized spacial score (nSPS) is 16.1. The standard InChI is InChI=1S/C19H26N2O12/c22-14-6-7-15(23)20(14)32-19(27)5-3-4-18(26)30-13-29-12-28-10-1-2-11-31-33-21-16(24)8-9-17(21)25/h1-13H2. The number of hydrogen-bond acceptors (Lipinski definition) is 12. The number of ether oxygens (including phenoxy) is 3. The van der Waals surface area contributed by atoms with Crippen LogP contribution in [0.2, 0.25) is 0 Å². The quantitative estimate of drug-likeness (QED) is 0.0738. The third-order valence-electron chi connectivity index (χ3n) is 4.33. The molecule has 0 aromatic carbocycles. The number of imide groups is 2. The number of amides is 4. The topological polar surface area (TPSA) is 164 Å². The van der Waals surface area contributed by atoms with Gasteiger partial charge in [0.15, 0.2) is 13.6 Å². The van der Waals surface area contributed by atoms with Crippen LogP contribution in [0.1, 0.15) is 57.8 Å². The highest BCUT2D eigenvalue weighted by Crippen LogP contribution is 2.14. The van der Waals surface area contributed by atoms with Crippen LogP contribution in [0.5, 0.6) is 0 Å². The molecule has 0 unspecified atom stereocenters. The second kappa shape index (κ2) is 14.3. The van der Waals surface area contributed by atoms with Crippen molar-refractivity contribution in [3.8, 4) is 0 Å². The lowest BCUT2D eigenvalue weighted by molar-refractivity contribution is -0.393. The molecule has 33 heavy (non-hydrogen) atoms. The molecule has 2 fully saturated rings. The summed E-state index contributed by atoms with van der Waals surface area (Å²) in [6.45, 7) is 0.0701. The van der Waals surface area contributed by atoms with Crippen molar-refractivity contribution in [2.45, 2.75) is 57.8 Å². The molecule has 0 radical (unpaired) electrons. The van der Waals surface area contributed by atoms with Crippen molar-refractivity contribution in [3.63, 3.8) is 0 Å². The van der Waals surface area contributed by atoms with Crippen molar-refractivity contribution in [1.82, 2.24) is 10.1 Å². The summed E-state index contributed by atoms with van der Waals surface area (Å²) in [4.78, 5) is 82.5. The van der Waals surface area contributed by atoms with E-state index in [9.17, 15) is 28.8 Å². The van der Waals surface area contributed by atoms with E-state index < -0.39 is 35.6 Å². The molecule has 0 bridgehead atoms. The maximum absolute atomic E-state index is 11.6. The number of rotatable bonds is 16. The monoisotopic (exact) mass is 474 g/mol. The zero-order valence-corrected chi connectivity index (χ0v) is 18.0. The molecule has 0 aliphatic carbocycles. The van der Waals surface area contributed by atoms with Crippen molar-refractivity contribution in [3.05, 3.63) is 0 Å². The summed E-state index contributed by atoms with van der Waals surface area (Å²) in [5.41, 5.74) is 0. The molecule has 2 aliphatic rings. The molecule has 0 N–H and O–H groups in total. The fraction of sp³-hybridized carbons (Fsp3) is 0.684.